The van der Waals surface area contributed by atoms with Gasteiger partial charge in [-0.2, -0.15) is 10.2 Å². The molecule has 0 fully saturated rings. The van der Waals surface area contributed by atoms with Gasteiger partial charge in [0.2, 0.25) is 0 Å². The number of aromatic nitrogens is 5. The van der Waals surface area contributed by atoms with E-state index in [-0.39, 0.29) is 5.69 Å². The van der Waals surface area contributed by atoms with Crippen LogP contribution in [0.15, 0.2) is 48.9 Å². The standard InChI is InChI=1S/C13H9N5O2/c19-13(20)10-8-11(9-3-6-14-7-4-9)18(17-10)12-2-1-5-15-16-12/h1-8H,(H,19,20). The van der Waals surface area contributed by atoms with Crippen LogP contribution in [-0.4, -0.2) is 36.0 Å². The monoisotopic (exact) mass is 267 g/mol. The van der Waals surface area contributed by atoms with Gasteiger partial charge in [-0.25, -0.2) is 9.48 Å². The molecule has 1 N–H and O–H groups in total. The van der Waals surface area contributed by atoms with Gasteiger partial charge in [-0.15, -0.1) is 5.10 Å². The molecule has 0 saturated carbocycles. The molecular weight excluding hydrogens is 258 g/mol. The molecule has 98 valence electrons. The summed E-state index contributed by atoms with van der Waals surface area (Å²) >= 11 is 0. The molecule has 0 bridgehead atoms. The van der Waals surface area contributed by atoms with Gasteiger partial charge in [0.15, 0.2) is 11.5 Å². The van der Waals surface area contributed by atoms with E-state index >= 15 is 0 Å². The van der Waals surface area contributed by atoms with Crippen molar-refractivity contribution in [3.8, 4) is 17.1 Å². The average Bonchev–Trinajstić information content (AvgIpc) is 2.94. The molecule has 0 unspecified atom stereocenters. The summed E-state index contributed by atoms with van der Waals surface area (Å²) in [6, 6.07) is 8.45. The van der Waals surface area contributed by atoms with Crippen molar-refractivity contribution in [2.24, 2.45) is 0 Å². The molecule has 0 aliphatic heterocycles. The molecule has 7 nitrogen and oxygen atoms in total. The summed E-state index contributed by atoms with van der Waals surface area (Å²) in [6.07, 6.45) is 4.80. The summed E-state index contributed by atoms with van der Waals surface area (Å²) in [6.45, 7) is 0. The molecule has 3 heterocycles. The maximum atomic E-state index is 11.1. The van der Waals surface area contributed by atoms with Crippen LogP contribution in [0.5, 0.6) is 0 Å². The molecule has 7 heteroatoms. The zero-order valence-electron chi connectivity index (χ0n) is 10.2. The number of carboxylic acid groups (broad SMARTS) is 1. The fourth-order valence-electron chi connectivity index (χ4n) is 1.79. The number of nitrogens with zero attached hydrogens (tertiary/aromatic N) is 5. The maximum absolute atomic E-state index is 11.1. The molecule has 0 aromatic carbocycles. The van der Waals surface area contributed by atoms with Crippen LogP contribution in [0.1, 0.15) is 10.5 Å². The van der Waals surface area contributed by atoms with Gasteiger partial charge in [-0.3, -0.25) is 4.98 Å². The van der Waals surface area contributed by atoms with Gasteiger partial charge >= 0.3 is 5.97 Å². The van der Waals surface area contributed by atoms with E-state index in [1.54, 1.807) is 36.7 Å². The van der Waals surface area contributed by atoms with E-state index in [0.29, 0.717) is 11.5 Å². The van der Waals surface area contributed by atoms with Gasteiger partial charge in [-0.1, -0.05) is 0 Å². The first-order valence-electron chi connectivity index (χ1n) is 5.77. The topological polar surface area (TPSA) is 93.8 Å². The molecular formula is C13H9N5O2. The third kappa shape index (κ3) is 2.12. The second-order valence-electron chi connectivity index (χ2n) is 3.95. The minimum absolute atomic E-state index is 0.0533. The Balaban J connectivity index is 2.20. The predicted molar refractivity (Wildman–Crippen MR) is 69.3 cm³/mol. The van der Waals surface area contributed by atoms with E-state index < -0.39 is 5.97 Å². The van der Waals surface area contributed by atoms with Crippen LogP contribution in [0.2, 0.25) is 0 Å². The highest BCUT2D eigenvalue weighted by Crippen LogP contribution is 2.22. The van der Waals surface area contributed by atoms with Gasteiger partial charge in [0.1, 0.15) is 0 Å². The minimum atomic E-state index is -1.09. The minimum Gasteiger partial charge on any atom is -0.476 e. The largest absolute Gasteiger partial charge is 0.476 e. The lowest BCUT2D eigenvalue weighted by atomic mass is 10.2. The molecule has 0 amide bonds. The molecule has 0 spiro atoms. The van der Waals surface area contributed by atoms with Crippen LogP contribution in [0, 0.1) is 0 Å². The van der Waals surface area contributed by atoms with Crippen molar-refractivity contribution in [3.05, 3.63) is 54.6 Å². The van der Waals surface area contributed by atoms with Crippen LogP contribution in [0.4, 0.5) is 0 Å². The van der Waals surface area contributed by atoms with Gasteiger partial charge in [-0.05, 0) is 30.3 Å². The Morgan fingerprint density at radius 3 is 2.60 bits per heavy atom. The van der Waals surface area contributed by atoms with Crippen molar-refractivity contribution in [3.63, 3.8) is 0 Å². The van der Waals surface area contributed by atoms with E-state index in [9.17, 15) is 4.79 Å². The molecule has 20 heavy (non-hydrogen) atoms. The number of hydrogen-bond acceptors (Lipinski definition) is 5. The van der Waals surface area contributed by atoms with Crippen LogP contribution in [0.25, 0.3) is 17.1 Å². The highest BCUT2D eigenvalue weighted by molar-refractivity contribution is 5.87. The van der Waals surface area contributed by atoms with Crippen LogP contribution in [-0.2, 0) is 0 Å². The van der Waals surface area contributed by atoms with Gasteiger partial charge < -0.3 is 5.11 Å². The predicted octanol–water partition coefficient (Wildman–Crippen LogP) is 1.42. The smallest absolute Gasteiger partial charge is 0.356 e. The summed E-state index contributed by atoms with van der Waals surface area (Å²) in [5.41, 5.74) is 1.36. The molecule has 0 radical (unpaired) electrons. The normalized spacial score (nSPS) is 10.4. The molecule has 0 aliphatic rings. The van der Waals surface area contributed by atoms with Crippen molar-refractivity contribution in [1.29, 1.82) is 0 Å². The first-order chi connectivity index (χ1) is 9.75. The fraction of sp³-hybridized carbons (Fsp3) is 0. The SMILES string of the molecule is O=C(O)c1cc(-c2ccncc2)n(-c2cccnn2)n1. The van der Waals surface area contributed by atoms with Crippen molar-refractivity contribution in [2.75, 3.05) is 0 Å². The number of carbonyl (C=O) groups is 1. The van der Waals surface area contributed by atoms with E-state index in [1.807, 2.05) is 0 Å². The van der Waals surface area contributed by atoms with Gasteiger partial charge in [0.05, 0.1) is 5.69 Å². The lowest BCUT2D eigenvalue weighted by Gasteiger charge is -2.04. The van der Waals surface area contributed by atoms with Gasteiger partial charge in [0, 0.05) is 24.2 Å². The van der Waals surface area contributed by atoms with E-state index in [0.717, 1.165) is 5.56 Å². The molecule has 0 saturated heterocycles. The van der Waals surface area contributed by atoms with Crippen molar-refractivity contribution >= 4 is 5.97 Å². The second-order valence-corrected chi connectivity index (χ2v) is 3.95. The third-order valence-corrected chi connectivity index (χ3v) is 2.68. The highest BCUT2D eigenvalue weighted by atomic mass is 16.4. The number of aromatic carboxylic acids is 1. The molecule has 0 aliphatic carbocycles. The summed E-state index contributed by atoms with van der Waals surface area (Å²) in [4.78, 5) is 15.0. The van der Waals surface area contributed by atoms with Crippen molar-refractivity contribution in [1.82, 2.24) is 25.0 Å². The Bertz CT molecular complexity index is 683. The summed E-state index contributed by atoms with van der Waals surface area (Å²) in [5.74, 6) is -0.644. The Hall–Kier alpha value is -3.09. The van der Waals surface area contributed by atoms with E-state index in [1.165, 1.54) is 16.9 Å². The van der Waals surface area contributed by atoms with E-state index in [4.69, 9.17) is 5.11 Å². The Morgan fingerprint density at radius 1 is 1.15 bits per heavy atom. The molecule has 3 aromatic rings. The number of pyridine rings is 1. The highest BCUT2D eigenvalue weighted by Gasteiger charge is 2.16. The lowest BCUT2D eigenvalue weighted by Crippen LogP contribution is -2.04. The number of carboxylic acids is 1. The summed E-state index contributed by atoms with van der Waals surface area (Å²) < 4.78 is 1.45. The fourth-order valence-corrected chi connectivity index (χ4v) is 1.79. The third-order valence-electron chi connectivity index (χ3n) is 2.68. The number of hydrogen-bond donors (Lipinski definition) is 1. The lowest BCUT2D eigenvalue weighted by molar-refractivity contribution is 0.0690. The first kappa shape index (κ1) is 12.0. The molecule has 0 atom stereocenters. The van der Waals surface area contributed by atoms with Crippen molar-refractivity contribution in [2.45, 2.75) is 0 Å². The van der Waals surface area contributed by atoms with Gasteiger partial charge in [0.25, 0.3) is 0 Å². The van der Waals surface area contributed by atoms with Crippen LogP contribution >= 0.6 is 0 Å². The second kappa shape index (κ2) is 4.88. The van der Waals surface area contributed by atoms with Crippen molar-refractivity contribution < 1.29 is 9.90 Å². The zero-order valence-corrected chi connectivity index (χ0v) is 10.2. The molecule has 3 aromatic heterocycles. The Kier molecular flexibility index (Phi) is 2.92. The first-order valence-corrected chi connectivity index (χ1v) is 5.77. The van der Waals surface area contributed by atoms with E-state index in [2.05, 4.69) is 20.3 Å². The Morgan fingerprint density at radius 2 is 1.95 bits per heavy atom. The molecule has 3 rings (SSSR count). The Labute approximate surface area is 113 Å². The quantitative estimate of drug-likeness (QED) is 0.771. The summed E-state index contributed by atoms with van der Waals surface area (Å²) in [5, 5.41) is 20.9. The summed E-state index contributed by atoms with van der Waals surface area (Å²) in [7, 11) is 0. The zero-order chi connectivity index (χ0) is 13.9. The van der Waals surface area contributed by atoms with Crippen LogP contribution < -0.4 is 0 Å². The number of rotatable bonds is 3. The maximum Gasteiger partial charge on any atom is 0.356 e. The van der Waals surface area contributed by atoms with Crippen LogP contribution in [0.3, 0.4) is 0 Å². The average molecular weight is 267 g/mol.